The third-order valence-electron chi connectivity index (χ3n) is 2.84. The lowest BCUT2D eigenvalue weighted by Gasteiger charge is -2.09. The van der Waals surface area contributed by atoms with E-state index in [0.29, 0.717) is 11.3 Å². The van der Waals surface area contributed by atoms with Crippen LogP contribution in [0.4, 0.5) is 11.4 Å². The first-order valence-corrected chi connectivity index (χ1v) is 6.21. The van der Waals surface area contributed by atoms with Crippen molar-refractivity contribution >= 4 is 17.3 Å². The number of carbonyl (C=O) groups is 1. The van der Waals surface area contributed by atoms with Crippen molar-refractivity contribution in [2.75, 3.05) is 11.1 Å². The lowest BCUT2D eigenvalue weighted by Crippen LogP contribution is -2.12. The van der Waals surface area contributed by atoms with E-state index in [4.69, 9.17) is 5.73 Å². The number of amides is 1. The summed E-state index contributed by atoms with van der Waals surface area (Å²) in [5.74, 6) is -0.139. The van der Waals surface area contributed by atoms with Crippen LogP contribution in [-0.4, -0.2) is 5.91 Å². The molecule has 0 saturated heterocycles. The number of hydrogen-bond acceptors (Lipinski definition) is 2. The predicted molar refractivity (Wildman–Crippen MR) is 79.5 cm³/mol. The minimum atomic E-state index is -0.139. The minimum absolute atomic E-state index is 0.139. The maximum absolute atomic E-state index is 12.2. The highest BCUT2D eigenvalue weighted by atomic mass is 16.1. The van der Waals surface area contributed by atoms with Gasteiger partial charge in [-0.1, -0.05) is 6.07 Å². The fourth-order valence-electron chi connectivity index (χ4n) is 2.19. The zero-order valence-electron chi connectivity index (χ0n) is 11.4. The number of nitrogen functional groups attached to an aromatic ring is 1. The molecule has 0 aliphatic heterocycles. The van der Waals surface area contributed by atoms with Crippen molar-refractivity contribution in [3.05, 3.63) is 58.7 Å². The van der Waals surface area contributed by atoms with Gasteiger partial charge in [0.2, 0.25) is 0 Å². The lowest BCUT2D eigenvalue weighted by molar-refractivity contribution is 0.102. The van der Waals surface area contributed by atoms with E-state index < -0.39 is 0 Å². The summed E-state index contributed by atoms with van der Waals surface area (Å²) >= 11 is 0. The van der Waals surface area contributed by atoms with E-state index in [1.807, 2.05) is 45.0 Å². The maximum atomic E-state index is 12.2. The second kappa shape index (κ2) is 5.14. The molecule has 0 aliphatic carbocycles. The minimum Gasteiger partial charge on any atom is -0.399 e. The van der Waals surface area contributed by atoms with Gasteiger partial charge in [-0.2, -0.15) is 0 Å². The zero-order chi connectivity index (χ0) is 14.0. The van der Waals surface area contributed by atoms with E-state index in [-0.39, 0.29) is 5.91 Å². The molecule has 0 spiro atoms. The highest BCUT2D eigenvalue weighted by Gasteiger charge is 2.08. The smallest absolute Gasteiger partial charge is 0.255 e. The van der Waals surface area contributed by atoms with Crippen LogP contribution in [0.15, 0.2) is 36.4 Å². The molecule has 0 bridgehead atoms. The van der Waals surface area contributed by atoms with Gasteiger partial charge in [-0.3, -0.25) is 4.79 Å². The van der Waals surface area contributed by atoms with Crippen LogP contribution >= 0.6 is 0 Å². The lowest BCUT2D eigenvalue weighted by atomic mass is 10.1. The zero-order valence-corrected chi connectivity index (χ0v) is 11.4. The van der Waals surface area contributed by atoms with Gasteiger partial charge < -0.3 is 11.1 Å². The largest absolute Gasteiger partial charge is 0.399 e. The molecule has 2 rings (SSSR count). The summed E-state index contributed by atoms with van der Waals surface area (Å²) < 4.78 is 0. The molecule has 0 aromatic heterocycles. The molecule has 0 radical (unpaired) electrons. The Bertz CT molecular complexity index is 592. The highest BCUT2D eigenvalue weighted by Crippen LogP contribution is 2.17. The standard InChI is InChI=1S/C16H18N2O/c1-10-4-11(2)8-15(7-10)18-16(19)13-5-12(3)6-14(17)9-13/h4-9H,17H2,1-3H3,(H,18,19). The molecular weight excluding hydrogens is 236 g/mol. The van der Waals surface area contributed by atoms with Crippen molar-refractivity contribution in [1.82, 2.24) is 0 Å². The topological polar surface area (TPSA) is 55.1 Å². The average Bonchev–Trinajstić information content (AvgIpc) is 2.25. The van der Waals surface area contributed by atoms with Gasteiger partial charge in [0.1, 0.15) is 0 Å². The molecule has 0 saturated carbocycles. The molecule has 3 heteroatoms. The Kier molecular flexibility index (Phi) is 3.56. The molecule has 3 nitrogen and oxygen atoms in total. The number of nitrogens with one attached hydrogen (secondary N) is 1. The van der Waals surface area contributed by atoms with Crippen molar-refractivity contribution < 1.29 is 4.79 Å². The molecule has 2 aromatic rings. The van der Waals surface area contributed by atoms with Crippen molar-refractivity contribution in [2.24, 2.45) is 0 Å². The van der Waals surface area contributed by atoms with Crippen molar-refractivity contribution in [2.45, 2.75) is 20.8 Å². The van der Waals surface area contributed by atoms with Crippen molar-refractivity contribution in [3.8, 4) is 0 Å². The van der Waals surface area contributed by atoms with Gasteiger partial charge in [0.05, 0.1) is 0 Å². The van der Waals surface area contributed by atoms with Crippen LogP contribution in [-0.2, 0) is 0 Å². The molecule has 98 valence electrons. The first-order chi connectivity index (χ1) is 8.94. The fraction of sp³-hybridized carbons (Fsp3) is 0.188. The van der Waals surface area contributed by atoms with Crippen LogP contribution in [0.2, 0.25) is 0 Å². The van der Waals surface area contributed by atoms with E-state index in [0.717, 1.165) is 22.4 Å². The van der Waals surface area contributed by atoms with E-state index in [9.17, 15) is 4.79 Å². The van der Waals surface area contributed by atoms with E-state index in [2.05, 4.69) is 11.4 Å². The number of aryl methyl sites for hydroxylation is 3. The number of anilines is 2. The van der Waals surface area contributed by atoms with Crippen LogP contribution in [0.25, 0.3) is 0 Å². The first kappa shape index (κ1) is 13.1. The fourth-order valence-corrected chi connectivity index (χ4v) is 2.19. The summed E-state index contributed by atoms with van der Waals surface area (Å²) in [5.41, 5.74) is 11.0. The Balaban J connectivity index is 2.25. The van der Waals surface area contributed by atoms with Crippen LogP contribution in [0.3, 0.4) is 0 Å². The first-order valence-electron chi connectivity index (χ1n) is 6.21. The summed E-state index contributed by atoms with van der Waals surface area (Å²) in [7, 11) is 0. The monoisotopic (exact) mass is 254 g/mol. The van der Waals surface area contributed by atoms with Gasteiger partial charge in [0, 0.05) is 16.9 Å². The van der Waals surface area contributed by atoms with Gasteiger partial charge in [-0.05, 0) is 67.8 Å². The molecule has 0 unspecified atom stereocenters. The Hall–Kier alpha value is -2.29. The summed E-state index contributed by atoms with van der Waals surface area (Å²) in [4.78, 5) is 12.2. The number of benzene rings is 2. The summed E-state index contributed by atoms with van der Waals surface area (Å²) in [6.07, 6.45) is 0. The molecular formula is C16H18N2O. The third-order valence-corrected chi connectivity index (χ3v) is 2.84. The Morgan fingerprint density at radius 1 is 0.895 bits per heavy atom. The number of nitrogens with two attached hydrogens (primary N) is 1. The number of hydrogen-bond donors (Lipinski definition) is 2. The van der Waals surface area contributed by atoms with Crippen LogP contribution in [0.1, 0.15) is 27.0 Å². The summed E-state index contributed by atoms with van der Waals surface area (Å²) in [5, 5.41) is 2.90. The SMILES string of the molecule is Cc1cc(C)cc(NC(=O)c2cc(C)cc(N)c2)c1. The van der Waals surface area contributed by atoms with Gasteiger partial charge in [-0.25, -0.2) is 0 Å². The highest BCUT2D eigenvalue weighted by molar-refractivity contribution is 6.05. The Morgan fingerprint density at radius 3 is 2.05 bits per heavy atom. The molecule has 0 atom stereocenters. The summed E-state index contributed by atoms with van der Waals surface area (Å²) in [6.45, 7) is 5.94. The van der Waals surface area contributed by atoms with E-state index in [1.54, 1.807) is 6.07 Å². The second-order valence-corrected chi connectivity index (χ2v) is 4.96. The number of rotatable bonds is 2. The molecule has 2 aromatic carbocycles. The quantitative estimate of drug-likeness (QED) is 0.806. The van der Waals surface area contributed by atoms with Gasteiger partial charge >= 0.3 is 0 Å². The second-order valence-electron chi connectivity index (χ2n) is 4.96. The molecule has 0 heterocycles. The normalized spacial score (nSPS) is 10.3. The van der Waals surface area contributed by atoms with Gasteiger partial charge in [-0.15, -0.1) is 0 Å². The summed E-state index contributed by atoms with van der Waals surface area (Å²) in [6, 6.07) is 11.3. The molecule has 3 N–H and O–H groups in total. The van der Waals surface area contributed by atoms with E-state index >= 15 is 0 Å². The molecule has 0 aliphatic rings. The average molecular weight is 254 g/mol. The molecule has 1 amide bonds. The molecule has 0 fully saturated rings. The van der Waals surface area contributed by atoms with Crippen LogP contribution < -0.4 is 11.1 Å². The Labute approximate surface area is 113 Å². The van der Waals surface area contributed by atoms with Gasteiger partial charge in [0.15, 0.2) is 0 Å². The third kappa shape index (κ3) is 3.35. The van der Waals surface area contributed by atoms with Crippen molar-refractivity contribution in [3.63, 3.8) is 0 Å². The molecule has 19 heavy (non-hydrogen) atoms. The Morgan fingerprint density at radius 2 is 1.47 bits per heavy atom. The van der Waals surface area contributed by atoms with Crippen LogP contribution in [0, 0.1) is 20.8 Å². The predicted octanol–water partition coefficient (Wildman–Crippen LogP) is 3.45. The number of carbonyl (C=O) groups excluding carboxylic acids is 1. The van der Waals surface area contributed by atoms with Crippen LogP contribution in [0.5, 0.6) is 0 Å². The van der Waals surface area contributed by atoms with Gasteiger partial charge in [0.25, 0.3) is 5.91 Å². The van der Waals surface area contributed by atoms with E-state index in [1.165, 1.54) is 0 Å². The van der Waals surface area contributed by atoms with Crippen molar-refractivity contribution in [1.29, 1.82) is 0 Å². The maximum Gasteiger partial charge on any atom is 0.255 e.